The lowest BCUT2D eigenvalue weighted by Crippen LogP contribution is -2.46. The Hall–Kier alpha value is -2.52. The molecule has 1 unspecified atom stereocenters. The minimum atomic E-state index is -3.63. The van der Waals surface area contributed by atoms with Crippen LogP contribution in [-0.4, -0.2) is 43.9 Å². The molecule has 7 nitrogen and oxygen atoms in total. The van der Waals surface area contributed by atoms with Gasteiger partial charge in [0.2, 0.25) is 10.0 Å². The van der Waals surface area contributed by atoms with Crippen LogP contribution in [0.5, 0.6) is 0 Å². The van der Waals surface area contributed by atoms with Crippen molar-refractivity contribution in [3.8, 4) is 0 Å². The van der Waals surface area contributed by atoms with Gasteiger partial charge in [0, 0.05) is 19.1 Å². The van der Waals surface area contributed by atoms with Crippen molar-refractivity contribution in [1.29, 1.82) is 0 Å². The van der Waals surface area contributed by atoms with Crippen LogP contribution in [0.15, 0.2) is 67.3 Å². The van der Waals surface area contributed by atoms with E-state index in [1.165, 1.54) is 6.08 Å². The van der Waals surface area contributed by atoms with Gasteiger partial charge >= 0.3 is 0 Å². The molecule has 0 aliphatic carbocycles. The van der Waals surface area contributed by atoms with Crippen LogP contribution in [0.1, 0.15) is 55.6 Å². The number of nitrogens with one attached hydrogen (secondary N) is 1. The summed E-state index contributed by atoms with van der Waals surface area (Å²) in [6.45, 7) is 12.2. The van der Waals surface area contributed by atoms with E-state index in [2.05, 4.69) is 16.6 Å². The number of benzene rings is 2. The van der Waals surface area contributed by atoms with Gasteiger partial charge in [0.15, 0.2) is 0 Å². The SMILES string of the molecule is C=CC(c1ccc(CN)cc1)S(=O)(=O)N(Cc1ccccc1)C1CCNCC1.CC(C)(C)OC=O. The van der Waals surface area contributed by atoms with Gasteiger partial charge in [-0.25, -0.2) is 8.42 Å². The molecule has 1 saturated heterocycles. The van der Waals surface area contributed by atoms with Crippen molar-refractivity contribution in [2.24, 2.45) is 5.73 Å². The zero-order valence-corrected chi connectivity index (χ0v) is 21.8. The second-order valence-electron chi connectivity index (χ2n) is 9.49. The van der Waals surface area contributed by atoms with E-state index in [0.717, 1.165) is 42.6 Å². The zero-order chi connectivity index (χ0) is 25.9. The second kappa shape index (κ2) is 13.5. The van der Waals surface area contributed by atoms with Gasteiger partial charge in [-0.2, -0.15) is 4.31 Å². The molecular formula is C27H39N3O4S. The Morgan fingerprint density at radius 3 is 2.14 bits per heavy atom. The second-order valence-corrected chi connectivity index (χ2v) is 11.5. The molecule has 0 saturated carbocycles. The Balaban J connectivity index is 0.000000540. The average molecular weight is 502 g/mol. The standard InChI is InChI=1S/C22H29N3O2S.C5H10O2/c1-2-22(20-10-8-18(16-23)9-11-20)28(26,27)25(21-12-14-24-15-13-21)17-19-6-4-3-5-7-19;1-5(2,3)7-4-6/h2-11,21-22,24H,1,12-17,23H2;4H,1-3H3. The normalized spacial score (nSPS) is 15.6. The van der Waals surface area contributed by atoms with Crippen LogP contribution >= 0.6 is 0 Å². The molecule has 1 aliphatic rings. The van der Waals surface area contributed by atoms with Crippen LogP contribution in [-0.2, 0) is 32.6 Å². The predicted octanol–water partition coefficient (Wildman–Crippen LogP) is 3.91. The van der Waals surface area contributed by atoms with Crippen LogP contribution in [0, 0.1) is 0 Å². The van der Waals surface area contributed by atoms with Gasteiger partial charge in [-0.05, 0) is 63.4 Å². The van der Waals surface area contributed by atoms with E-state index in [0.29, 0.717) is 19.6 Å². The van der Waals surface area contributed by atoms with Crippen LogP contribution in [0.4, 0.5) is 0 Å². The molecule has 0 radical (unpaired) electrons. The van der Waals surface area contributed by atoms with Crippen LogP contribution < -0.4 is 11.1 Å². The molecular weight excluding hydrogens is 462 g/mol. The van der Waals surface area contributed by atoms with E-state index in [4.69, 9.17) is 5.73 Å². The topological polar surface area (TPSA) is 102 Å². The number of piperidine rings is 1. The lowest BCUT2D eigenvalue weighted by Gasteiger charge is -2.35. The van der Waals surface area contributed by atoms with Gasteiger partial charge in [0.05, 0.1) is 0 Å². The van der Waals surface area contributed by atoms with Crippen molar-refractivity contribution < 1.29 is 17.9 Å². The van der Waals surface area contributed by atoms with E-state index >= 15 is 0 Å². The first-order chi connectivity index (χ1) is 16.6. The van der Waals surface area contributed by atoms with Gasteiger partial charge in [-0.1, -0.05) is 60.7 Å². The molecule has 0 bridgehead atoms. The van der Waals surface area contributed by atoms with Crippen molar-refractivity contribution in [3.05, 3.63) is 83.9 Å². The highest BCUT2D eigenvalue weighted by Gasteiger charge is 2.36. The Morgan fingerprint density at radius 2 is 1.69 bits per heavy atom. The lowest BCUT2D eigenvalue weighted by atomic mass is 10.1. The molecule has 35 heavy (non-hydrogen) atoms. The summed E-state index contributed by atoms with van der Waals surface area (Å²) in [5, 5.41) is 2.54. The van der Waals surface area contributed by atoms with Gasteiger partial charge < -0.3 is 15.8 Å². The number of hydrogen-bond acceptors (Lipinski definition) is 6. The molecule has 0 aromatic heterocycles. The molecule has 2 aromatic rings. The molecule has 2 aromatic carbocycles. The molecule has 0 amide bonds. The number of ether oxygens (including phenoxy) is 1. The highest BCUT2D eigenvalue weighted by molar-refractivity contribution is 7.89. The molecule has 8 heteroatoms. The Bertz CT molecular complexity index is 1010. The first-order valence-corrected chi connectivity index (χ1v) is 13.4. The Morgan fingerprint density at radius 1 is 1.09 bits per heavy atom. The van der Waals surface area contributed by atoms with Crippen molar-refractivity contribution in [2.45, 2.75) is 63.6 Å². The predicted molar refractivity (Wildman–Crippen MR) is 141 cm³/mol. The molecule has 1 fully saturated rings. The summed E-state index contributed by atoms with van der Waals surface area (Å²) < 4.78 is 33.7. The van der Waals surface area contributed by atoms with E-state index in [1.807, 2.05) is 75.4 Å². The zero-order valence-electron chi connectivity index (χ0n) is 21.0. The van der Waals surface area contributed by atoms with Gasteiger partial charge in [-0.15, -0.1) is 6.58 Å². The summed E-state index contributed by atoms with van der Waals surface area (Å²) in [6.07, 6.45) is 3.15. The molecule has 3 N–H and O–H groups in total. The molecule has 0 spiro atoms. The summed E-state index contributed by atoms with van der Waals surface area (Å²) in [7, 11) is -3.63. The number of carbonyl (C=O) groups is 1. The molecule has 3 rings (SSSR count). The number of nitrogens with two attached hydrogens (primary N) is 1. The third-order valence-electron chi connectivity index (χ3n) is 5.70. The first-order valence-electron chi connectivity index (χ1n) is 11.9. The van der Waals surface area contributed by atoms with Crippen molar-refractivity contribution in [2.75, 3.05) is 13.1 Å². The molecule has 192 valence electrons. The quantitative estimate of drug-likeness (QED) is 0.399. The van der Waals surface area contributed by atoms with Crippen molar-refractivity contribution in [3.63, 3.8) is 0 Å². The van der Waals surface area contributed by atoms with E-state index < -0.39 is 15.3 Å². The monoisotopic (exact) mass is 501 g/mol. The Kier molecular flexibility index (Phi) is 11.1. The maximum Gasteiger partial charge on any atom is 0.293 e. The highest BCUT2D eigenvalue weighted by atomic mass is 32.2. The first kappa shape index (κ1) is 28.7. The number of sulfonamides is 1. The summed E-state index contributed by atoms with van der Waals surface area (Å²) in [4.78, 5) is 9.60. The van der Waals surface area contributed by atoms with Crippen molar-refractivity contribution >= 4 is 16.5 Å². The van der Waals surface area contributed by atoms with E-state index in [-0.39, 0.29) is 11.6 Å². The van der Waals surface area contributed by atoms with Crippen molar-refractivity contribution in [1.82, 2.24) is 9.62 Å². The maximum atomic E-state index is 13.7. The summed E-state index contributed by atoms with van der Waals surface area (Å²) >= 11 is 0. The summed E-state index contributed by atoms with van der Waals surface area (Å²) in [5.74, 6) is 0. The fourth-order valence-corrected chi connectivity index (χ4v) is 5.84. The minimum Gasteiger partial charge on any atom is -0.462 e. The largest absolute Gasteiger partial charge is 0.462 e. The fourth-order valence-electron chi connectivity index (χ4n) is 3.85. The van der Waals surface area contributed by atoms with Crippen LogP contribution in [0.3, 0.4) is 0 Å². The number of carbonyl (C=O) groups excluding carboxylic acids is 1. The molecule has 1 atom stereocenters. The highest BCUT2D eigenvalue weighted by Crippen LogP contribution is 2.31. The van der Waals surface area contributed by atoms with Gasteiger partial charge in [0.25, 0.3) is 6.47 Å². The van der Waals surface area contributed by atoms with Gasteiger partial charge in [-0.3, -0.25) is 4.79 Å². The lowest BCUT2D eigenvalue weighted by molar-refractivity contribution is -0.138. The average Bonchev–Trinajstić information content (AvgIpc) is 2.84. The number of nitrogens with zero attached hydrogens (tertiary/aromatic N) is 1. The van der Waals surface area contributed by atoms with E-state index in [1.54, 1.807) is 4.31 Å². The summed E-state index contributed by atoms with van der Waals surface area (Å²) in [6, 6.07) is 17.2. The maximum absolute atomic E-state index is 13.7. The van der Waals surface area contributed by atoms with Crippen LogP contribution in [0.25, 0.3) is 0 Å². The fraction of sp³-hybridized carbons (Fsp3) is 0.444. The third kappa shape index (κ3) is 8.89. The van der Waals surface area contributed by atoms with Gasteiger partial charge in [0.1, 0.15) is 10.9 Å². The van der Waals surface area contributed by atoms with Crippen LogP contribution in [0.2, 0.25) is 0 Å². The minimum absolute atomic E-state index is 0.0165. The Labute approximate surface area is 210 Å². The molecule has 1 heterocycles. The smallest absolute Gasteiger partial charge is 0.293 e. The van der Waals surface area contributed by atoms with E-state index in [9.17, 15) is 13.2 Å². The number of hydrogen-bond donors (Lipinski definition) is 2. The third-order valence-corrected chi connectivity index (χ3v) is 7.89. The number of rotatable bonds is 9. The summed E-state index contributed by atoms with van der Waals surface area (Å²) in [5.41, 5.74) is 8.04. The molecule has 1 aliphatic heterocycles.